The maximum atomic E-state index is 12.9. The third kappa shape index (κ3) is 3.08. The van der Waals surface area contributed by atoms with Gasteiger partial charge in [0.2, 0.25) is 0 Å². The molecule has 0 bridgehead atoms. The number of para-hydroxylation sites is 1. The standard InChI is InChI=1S/C25H34N2O3/c1-24-8-5-9-25(17-29-25)22(24)14-19-20(23(28)30-21(19)15-24)16-26-10-12-27(13-11-26)18-6-3-2-4-7-18/h2-4,6-7,19-22H,5,8-17H2,1H3/t19-,20+,21+,22+,24+,25+/m0/s1. The molecule has 2 aliphatic carbocycles. The molecule has 0 aromatic heterocycles. The average Bonchev–Trinajstić information content (AvgIpc) is 3.46. The second kappa shape index (κ2) is 6.96. The van der Waals surface area contributed by atoms with Gasteiger partial charge in [0, 0.05) is 44.3 Å². The molecule has 6 atom stereocenters. The van der Waals surface area contributed by atoms with Gasteiger partial charge in [0.15, 0.2) is 0 Å². The van der Waals surface area contributed by atoms with Crippen LogP contribution in [-0.2, 0) is 14.3 Å². The van der Waals surface area contributed by atoms with Gasteiger partial charge in [-0.25, -0.2) is 0 Å². The minimum absolute atomic E-state index is 0.0422. The van der Waals surface area contributed by atoms with Crippen molar-refractivity contribution in [1.82, 2.24) is 4.90 Å². The van der Waals surface area contributed by atoms with Crippen molar-refractivity contribution in [2.45, 2.75) is 50.7 Å². The number of epoxide rings is 1. The van der Waals surface area contributed by atoms with Crippen LogP contribution < -0.4 is 4.90 Å². The molecule has 5 fully saturated rings. The van der Waals surface area contributed by atoms with Gasteiger partial charge in [-0.2, -0.15) is 0 Å². The lowest BCUT2D eigenvalue weighted by atomic mass is 9.53. The van der Waals surface area contributed by atoms with Gasteiger partial charge in [0.25, 0.3) is 0 Å². The number of anilines is 1. The third-order valence-electron chi connectivity index (χ3n) is 9.03. The number of ether oxygens (including phenoxy) is 2. The highest BCUT2D eigenvalue weighted by atomic mass is 16.6. The first-order valence-electron chi connectivity index (χ1n) is 11.9. The van der Waals surface area contributed by atoms with E-state index in [1.807, 2.05) is 0 Å². The van der Waals surface area contributed by atoms with Crippen LogP contribution in [0.1, 0.15) is 39.0 Å². The Morgan fingerprint density at radius 2 is 1.87 bits per heavy atom. The maximum absolute atomic E-state index is 12.9. The van der Waals surface area contributed by atoms with E-state index in [2.05, 4.69) is 47.1 Å². The Labute approximate surface area is 179 Å². The number of fused-ring (bicyclic) bond motifs is 3. The number of hydrogen-bond acceptors (Lipinski definition) is 5. The molecule has 3 heterocycles. The highest BCUT2D eigenvalue weighted by Crippen LogP contribution is 2.62. The van der Waals surface area contributed by atoms with Crippen molar-refractivity contribution in [2.75, 3.05) is 44.2 Å². The Hall–Kier alpha value is -1.59. The summed E-state index contributed by atoms with van der Waals surface area (Å²) in [7, 11) is 0. The SMILES string of the molecule is C[C@]12CCC[C@@]3(CO3)[C@@H]1C[C@@H]1[C@@H](C2)OC(=O)[C@@H]1CN1CCN(c2ccccc2)CC1. The molecule has 3 saturated heterocycles. The predicted octanol–water partition coefficient (Wildman–Crippen LogP) is 3.34. The van der Waals surface area contributed by atoms with Crippen LogP contribution in [0.3, 0.4) is 0 Å². The zero-order chi connectivity index (χ0) is 20.3. The number of nitrogens with zero attached hydrogens (tertiary/aromatic N) is 2. The molecular formula is C25H34N2O3. The van der Waals surface area contributed by atoms with Crippen LogP contribution in [0.25, 0.3) is 0 Å². The molecule has 1 aromatic carbocycles. The Balaban J connectivity index is 1.12. The molecular weight excluding hydrogens is 376 g/mol. The summed E-state index contributed by atoms with van der Waals surface area (Å²) in [6, 6.07) is 10.7. The lowest BCUT2D eigenvalue weighted by molar-refractivity contribution is -0.147. The number of esters is 1. The topological polar surface area (TPSA) is 45.3 Å². The van der Waals surface area contributed by atoms with E-state index in [9.17, 15) is 4.79 Å². The minimum Gasteiger partial charge on any atom is -0.462 e. The molecule has 0 radical (unpaired) electrons. The van der Waals surface area contributed by atoms with Crippen molar-refractivity contribution in [3.63, 3.8) is 0 Å². The largest absolute Gasteiger partial charge is 0.462 e. The normalized spacial score (nSPS) is 43.2. The van der Waals surface area contributed by atoms with E-state index < -0.39 is 0 Å². The molecule has 1 aromatic rings. The number of hydrogen-bond donors (Lipinski definition) is 0. The summed E-state index contributed by atoms with van der Waals surface area (Å²) in [4.78, 5) is 17.8. The monoisotopic (exact) mass is 410 g/mol. The first-order chi connectivity index (χ1) is 14.6. The molecule has 0 unspecified atom stereocenters. The van der Waals surface area contributed by atoms with Crippen LogP contribution in [-0.4, -0.2) is 61.9 Å². The summed E-state index contributed by atoms with van der Waals surface area (Å²) in [6.45, 7) is 8.31. The summed E-state index contributed by atoms with van der Waals surface area (Å²) >= 11 is 0. The van der Waals surface area contributed by atoms with Crippen LogP contribution in [0.4, 0.5) is 5.69 Å². The van der Waals surface area contributed by atoms with Crippen LogP contribution in [0.15, 0.2) is 30.3 Å². The molecule has 0 N–H and O–H groups in total. The van der Waals surface area contributed by atoms with Gasteiger partial charge >= 0.3 is 5.97 Å². The van der Waals surface area contributed by atoms with Gasteiger partial charge in [-0.3, -0.25) is 9.69 Å². The lowest BCUT2D eigenvalue weighted by Gasteiger charge is -2.51. The van der Waals surface area contributed by atoms with Gasteiger partial charge in [-0.1, -0.05) is 25.1 Å². The first kappa shape index (κ1) is 19.1. The average molecular weight is 411 g/mol. The van der Waals surface area contributed by atoms with E-state index >= 15 is 0 Å². The summed E-state index contributed by atoms with van der Waals surface area (Å²) < 4.78 is 12.0. The molecule has 6 rings (SSSR count). The van der Waals surface area contributed by atoms with Gasteiger partial charge < -0.3 is 14.4 Å². The second-order valence-corrected chi connectivity index (χ2v) is 10.7. The number of carbonyl (C=O) groups is 1. The predicted molar refractivity (Wildman–Crippen MR) is 115 cm³/mol. The summed E-state index contributed by atoms with van der Waals surface area (Å²) in [5.41, 5.74) is 1.72. The third-order valence-corrected chi connectivity index (χ3v) is 9.03. The van der Waals surface area contributed by atoms with Crippen molar-refractivity contribution in [3.05, 3.63) is 30.3 Å². The highest BCUT2D eigenvalue weighted by molar-refractivity contribution is 5.75. The molecule has 5 heteroatoms. The molecule has 1 spiro atoms. The van der Waals surface area contributed by atoms with Crippen molar-refractivity contribution >= 4 is 11.7 Å². The quantitative estimate of drug-likeness (QED) is 0.565. The summed E-state index contributed by atoms with van der Waals surface area (Å²) in [5, 5.41) is 0. The Bertz CT molecular complexity index is 802. The van der Waals surface area contributed by atoms with E-state index in [4.69, 9.17) is 9.47 Å². The smallest absolute Gasteiger partial charge is 0.310 e. The molecule has 2 saturated carbocycles. The van der Waals surface area contributed by atoms with Crippen LogP contribution >= 0.6 is 0 Å². The van der Waals surface area contributed by atoms with E-state index in [0.29, 0.717) is 11.8 Å². The fraction of sp³-hybridized carbons (Fsp3) is 0.720. The molecule has 30 heavy (non-hydrogen) atoms. The first-order valence-corrected chi connectivity index (χ1v) is 11.9. The van der Waals surface area contributed by atoms with Crippen molar-refractivity contribution < 1.29 is 14.3 Å². The zero-order valence-corrected chi connectivity index (χ0v) is 18.1. The molecule has 5 nitrogen and oxygen atoms in total. The van der Waals surface area contributed by atoms with Crippen LogP contribution in [0, 0.1) is 23.2 Å². The maximum Gasteiger partial charge on any atom is 0.310 e. The number of benzene rings is 1. The van der Waals surface area contributed by atoms with Gasteiger partial charge in [0.1, 0.15) is 6.10 Å². The van der Waals surface area contributed by atoms with Crippen molar-refractivity contribution in [2.24, 2.45) is 23.2 Å². The molecule has 162 valence electrons. The van der Waals surface area contributed by atoms with Crippen molar-refractivity contribution in [3.8, 4) is 0 Å². The second-order valence-electron chi connectivity index (χ2n) is 10.7. The van der Waals surface area contributed by atoms with Crippen LogP contribution in [0.5, 0.6) is 0 Å². The van der Waals surface area contributed by atoms with Gasteiger partial charge in [-0.05, 0) is 55.6 Å². The molecule has 5 aliphatic rings. The zero-order valence-electron chi connectivity index (χ0n) is 18.1. The Kier molecular flexibility index (Phi) is 4.44. The van der Waals surface area contributed by atoms with Gasteiger partial charge in [0.05, 0.1) is 18.1 Å². The minimum atomic E-state index is 0.0422. The molecule has 3 aliphatic heterocycles. The van der Waals surface area contributed by atoms with E-state index in [-0.39, 0.29) is 29.0 Å². The van der Waals surface area contributed by atoms with E-state index in [1.54, 1.807) is 0 Å². The summed E-state index contributed by atoms with van der Waals surface area (Å²) in [5.74, 6) is 1.08. The van der Waals surface area contributed by atoms with Crippen LogP contribution in [0.2, 0.25) is 0 Å². The van der Waals surface area contributed by atoms with E-state index in [0.717, 1.165) is 52.2 Å². The fourth-order valence-electron chi connectivity index (χ4n) is 7.27. The Morgan fingerprint density at radius 3 is 2.60 bits per heavy atom. The lowest BCUT2D eigenvalue weighted by Crippen LogP contribution is -2.52. The number of rotatable bonds is 3. The Morgan fingerprint density at radius 1 is 1.10 bits per heavy atom. The fourth-order valence-corrected chi connectivity index (χ4v) is 7.27. The van der Waals surface area contributed by atoms with E-state index in [1.165, 1.54) is 24.9 Å². The molecule has 0 amide bonds. The number of piperazine rings is 1. The van der Waals surface area contributed by atoms with Crippen molar-refractivity contribution in [1.29, 1.82) is 0 Å². The number of carbonyl (C=O) groups excluding carboxylic acids is 1. The van der Waals surface area contributed by atoms with Gasteiger partial charge in [-0.15, -0.1) is 0 Å². The highest BCUT2D eigenvalue weighted by Gasteiger charge is 2.65. The summed E-state index contributed by atoms with van der Waals surface area (Å²) in [6.07, 6.45) is 6.01.